The Morgan fingerprint density at radius 3 is 2.50 bits per heavy atom. The standard InChI is InChI=1S/C12H21NO5/c1-11(2,3)18-10(16)13-12(9(15)17-4)7-8(12)5-6-14/h8,14H,5-7H2,1-4H3,(H,13,16)/t8-,12-/m0/s1. The van der Waals surface area contributed by atoms with Gasteiger partial charge in [0.2, 0.25) is 0 Å². The molecule has 1 aliphatic carbocycles. The molecule has 0 aromatic carbocycles. The van der Waals surface area contributed by atoms with Crippen LogP contribution in [-0.2, 0) is 14.3 Å². The highest BCUT2D eigenvalue weighted by atomic mass is 16.6. The van der Waals surface area contributed by atoms with Crippen LogP contribution in [0.3, 0.4) is 0 Å². The largest absolute Gasteiger partial charge is 0.467 e. The van der Waals surface area contributed by atoms with E-state index in [9.17, 15) is 9.59 Å². The monoisotopic (exact) mass is 259 g/mol. The van der Waals surface area contributed by atoms with E-state index in [1.807, 2.05) is 0 Å². The highest BCUT2D eigenvalue weighted by Crippen LogP contribution is 2.46. The van der Waals surface area contributed by atoms with Crippen molar-refractivity contribution in [3.8, 4) is 0 Å². The van der Waals surface area contributed by atoms with Gasteiger partial charge in [0.15, 0.2) is 0 Å². The van der Waals surface area contributed by atoms with Gasteiger partial charge in [-0.1, -0.05) is 0 Å². The predicted molar refractivity (Wildman–Crippen MR) is 63.9 cm³/mol. The second kappa shape index (κ2) is 5.14. The number of alkyl carbamates (subject to hydrolysis) is 1. The highest BCUT2D eigenvalue weighted by molar-refractivity contribution is 5.89. The molecule has 0 heterocycles. The van der Waals surface area contributed by atoms with E-state index in [1.165, 1.54) is 7.11 Å². The first-order valence-electron chi connectivity index (χ1n) is 5.95. The molecule has 0 aliphatic heterocycles. The van der Waals surface area contributed by atoms with Crippen LogP contribution < -0.4 is 5.32 Å². The second-order valence-electron chi connectivity index (χ2n) is 5.50. The maximum Gasteiger partial charge on any atom is 0.408 e. The van der Waals surface area contributed by atoms with Crippen LogP contribution >= 0.6 is 0 Å². The van der Waals surface area contributed by atoms with Crippen molar-refractivity contribution in [2.75, 3.05) is 13.7 Å². The molecule has 0 radical (unpaired) electrons. The van der Waals surface area contributed by atoms with E-state index in [0.29, 0.717) is 12.8 Å². The fourth-order valence-electron chi connectivity index (χ4n) is 1.96. The van der Waals surface area contributed by atoms with Gasteiger partial charge in [-0.2, -0.15) is 0 Å². The molecule has 6 heteroatoms. The average Bonchev–Trinajstić information content (AvgIpc) is 2.89. The Labute approximate surface area is 107 Å². The lowest BCUT2D eigenvalue weighted by Gasteiger charge is -2.23. The van der Waals surface area contributed by atoms with Crippen LogP contribution in [0.25, 0.3) is 0 Å². The van der Waals surface area contributed by atoms with Gasteiger partial charge in [0.05, 0.1) is 7.11 Å². The van der Waals surface area contributed by atoms with Gasteiger partial charge in [-0.15, -0.1) is 0 Å². The van der Waals surface area contributed by atoms with Crippen LogP contribution in [-0.4, -0.2) is 42.0 Å². The molecule has 0 aromatic rings. The van der Waals surface area contributed by atoms with E-state index < -0.39 is 23.2 Å². The molecule has 6 nitrogen and oxygen atoms in total. The molecule has 0 spiro atoms. The van der Waals surface area contributed by atoms with Crippen molar-refractivity contribution in [1.29, 1.82) is 0 Å². The summed E-state index contributed by atoms with van der Waals surface area (Å²) in [6.07, 6.45) is 0.276. The van der Waals surface area contributed by atoms with E-state index >= 15 is 0 Å². The number of amides is 1. The van der Waals surface area contributed by atoms with Crippen LogP contribution in [0.4, 0.5) is 4.79 Å². The number of hydrogen-bond donors (Lipinski definition) is 2. The summed E-state index contributed by atoms with van der Waals surface area (Å²) in [5.41, 5.74) is -1.65. The number of rotatable bonds is 4. The molecule has 0 aromatic heterocycles. The number of aliphatic hydroxyl groups is 1. The number of nitrogens with one attached hydrogen (secondary N) is 1. The second-order valence-corrected chi connectivity index (χ2v) is 5.50. The third-order valence-electron chi connectivity index (χ3n) is 2.86. The molecule has 0 bridgehead atoms. The Balaban J connectivity index is 2.65. The normalized spacial score (nSPS) is 26.4. The summed E-state index contributed by atoms with van der Waals surface area (Å²) in [5, 5.41) is 11.5. The molecule has 104 valence electrons. The molecule has 1 aliphatic rings. The number of carbonyl (C=O) groups excluding carboxylic acids is 2. The highest BCUT2D eigenvalue weighted by Gasteiger charge is 2.62. The van der Waals surface area contributed by atoms with Crippen molar-refractivity contribution < 1.29 is 24.2 Å². The quantitative estimate of drug-likeness (QED) is 0.730. The molecule has 2 N–H and O–H groups in total. The Morgan fingerprint density at radius 2 is 2.06 bits per heavy atom. The molecule has 18 heavy (non-hydrogen) atoms. The van der Waals surface area contributed by atoms with Gasteiger partial charge in [0.1, 0.15) is 11.1 Å². The first-order chi connectivity index (χ1) is 8.25. The summed E-state index contributed by atoms with van der Waals surface area (Å²) in [6, 6.07) is 0. The van der Waals surface area contributed by atoms with E-state index in [1.54, 1.807) is 20.8 Å². The lowest BCUT2D eigenvalue weighted by atomic mass is 10.1. The van der Waals surface area contributed by atoms with Crippen molar-refractivity contribution in [1.82, 2.24) is 5.32 Å². The molecule has 0 unspecified atom stereocenters. The first-order valence-corrected chi connectivity index (χ1v) is 5.95. The van der Waals surface area contributed by atoms with Crippen molar-refractivity contribution >= 4 is 12.1 Å². The topological polar surface area (TPSA) is 84.9 Å². The summed E-state index contributed by atoms with van der Waals surface area (Å²) < 4.78 is 9.81. The van der Waals surface area contributed by atoms with Gasteiger partial charge in [0.25, 0.3) is 0 Å². The van der Waals surface area contributed by atoms with E-state index in [-0.39, 0.29) is 12.5 Å². The fraction of sp³-hybridized carbons (Fsp3) is 0.833. The summed E-state index contributed by atoms with van der Waals surface area (Å²) in [6.45, 7) is 5.21. The Kier molecular flexibility index (Phi) is 4.21. The van der Waals surface area contributed by atoms with Crippen LogP contribution in [0.15, 0.2) is 0 Å². The first kappa shape index (κ1) is 14.8. The minimum absolute atomic E-state index is 0.0284. The number of hydrogen-bond acceptors (Lipinski definition) is 5. The van der Waals surface area contributed by atoms with Gasteiger partial charge < -0.3 is 19.9 Å². The fourth-order valence-corrected chi connectivity index (χ4v) is 1.96. The van der Waals surface area contributed by atoms with Gasteiger partial charge in [-0.3, -0.25) is 0 Å². The molecule has 0 saturated heterocycles. The lowest BCUT2D eigenvalue weighted by molar-refractivity contribution is -0.145. The van der Waals surface area contributed by atoms with Gasteiger partial charge in [-0.25, -0.2) is 9.59 Å². The summed E-state index contributed by atoms with van der Waals surface area (Å²) in [5.74, 6) is -0.589. The minimum Gasteiger partial charge on any atom is -0.467 e. The van der Waals surface area contributed by atoms with Crippen LogP contribution in [0, 0.1) is 5.92 Å². The maximum absolute atomic E-state index is 11.7. The van der Waals surface area contributed by atoms with Crippen LogP contribution in [0.2, 0.25) is 0 Å². The number of ether oxygens (including phenoxy) is 2. The zero-order valence-corrected chi connectivity index (χ0v) is 11.3. The summed E-state index contributed by atoms with van der Waals surface area (Å²) in [7, 11) is 1.27. The van der Waals surface area contributed by atoms with Crippen molar-refractivity contribution in [3.05, 3.63) is 0 Å². The van der Waals surface area contributed by atoms with Gasteiger partial charge in [0, 0.05) is 6.61 Å². The molecule has 2 atom stereocenters. The van der Waals surface area contributed by atoms with Crippen LogP contribution in [0.5, 0.6) is 0 Å². The summed E-state index contributed by atoms with van der Waals surface area (Å²) in [4.78, 5) is 23.4. The molecule has 1 amide bonds. The third kappa shape index (κ3) is 3.35. The number of aliphatic hydroxyl groups excluding tert-OH is 1. The van der Waals surface area contributed by atoms with Crippen molar-refractivity contribution in [2.24, 2.45) is 5.92 Å². The van der Waals surface area contributed by atoms with E-state index in [4.69, 9.17) is 14.6 Å². The van der Waals surface area contributed by atoms with Gasteiger partial charge in [-0.05, 0) is 39.5 Å². The predicted octanol–water partition coefficient (Wildman–Crippen LogP) is 0.825. The zero-order chi connectivity index (χ0) is 14.0. The Morgan fingerprint density at radius 1 is 1.44 bits per heavy atom. The lowest BCUT2D eigenvalue weighted by Crippen LogP contribution is -2.47. The Bertz CT molecular complexity index is 336. The third-order valence-corrected chi connectivity index (χ3v) is 2.86. The molecule has 1 rings (SSSR count). The van der Waals surface area contributed by atoms with E-state index in [2.05, 4.69) is 5.32 Å². The smallest absolute Gasteiger partial charge is 0.408 e. The average molecular weight is 259 g/mol. The molecular formula is C12H21NO5. The number of methoxy groups -OCH3 is 1. The van der Waals surface area contributed by atoms with E-state index in [0.717, 1.165) is 0 Å². The summed E-state index contributed by atoms with van der Waals surface area (Å²) >= 11 is 0. The Hall–Kier alpha value is -1.30. The molecule has 1 fully saturated rings. The van der Waals surface area contributed by atoms with Crippen molar-refractivity contribution in [3.63, 3.8) is 0 Å². The SMILES string of the molecule is COC(=O)[C@]1(NC(=O)OC(C)(C)C)C[C@@H]1CCO. The number of carbonyl (C=O) groups is 2. The molecular weight excluding hydrogens is 238 g/mol. The minimum atomic E-state index is -1.03. The van der Waals surface area contributed by atoms with Crippen molar-refractivity contribution in [2.45, 2.75) is 44.8 Å². The number of esters is 1. The van der Waals surface area contributed by atoms with Gasteiger partial charge >= 0.3 is 12.1 Å². The van der Waals surface area contributed by atoms with Crippen LogP contribution in [0.1, 0.15) is 33.6 Å². The maximum atomic E-state index is 11.7. The zero-order valence-electron chi connectivity index (χ0n) is 11.3. The molecule has 1 saturated carbocycles.